The molecule has 102 valence electrons. The van der Waals surface area contributed by atoms with Crippen molar-refractivity contribution in [1.29, 1.82) is 0 Å². The molecule has 1 aliphatic rings. The molecular weight excluding hydrogens is 210 g/mol. The second-order valence-corrected chi connectivity index (χ2v) is 5.34. The van der Waals surface area contributed by atoms with Gasteiger partial charge >= 0.3 is 0 Å². The van der Waals surface area contributed by atoms with E-state index in [1.807, 2.05) is 0 Å². The molecule has 0 spiro atoms. The van der Waals surface area contributed by atoms with E-state index in [1.165, 1.54) is 58.4 Å². The summed E-state index contributed by atoms with van der Waals surface area (Å²) in [4.78, 5) is 5.16. The third kappa shape index (κ3) is 5.84. The van der Waals surface area contributed by atoms with Gasteiger partial charge in [0.2, 0.25) is 0 Å². The summed E-state index contributed by atoms with van der Waals surface area (Å²) in [7, 11) is 2.24. The molecule has 1 heterocycles. The van der Waals surface area contributed by atoms with Crippen LogP contribution in [0.2, 0.25) is 0 Å². The van der Waals surface area contributed by atoms with Gasteiger partial charge in [-0.25, -0.2) is 0 Å². The predicted molar refractivity (Wildman–Crippen MR) is 75.5 cm³/mol. The molecule has 0 aromatic rings. The van der Waals surface area contributed by atoms with Gasteiger partial charge in [0, 0.05) is 25.7 Å². The van der Waals surface area contributed by atoms with Gasteiger partial charge in [-0.1, -0.05) is 20.3 Å². The van der Waals surface area contributed by atoms with Crippen molar-refractivity contribution < 1.29 is 0 Å². The maximum Gasteiger partial charge on any atom is 0.0221 e. The van der Waals surface area contributed by atoms with Gasteiger partial charge < -0.3 is 10.2 Å². The molecule has 1 fully saturated rings. The lowest BCUT2D eigenvalue weighted by molar-refractivity contribution is 0.187. The Bertz CT molecular complexity index is 184. The van der Waals surface area contributed by atoms with E-state index < -0.39 is 0 Å². The van der Waals surface area contributed by atoms with Crippen LogP contribution in [0.15, 0.2) is 0 Å². The summed E-state index contributed by atoms with van der Waals surface area (Å²) in [5.41, 5.74) is 0. The zero-order valence-electron chi connectivity index (χ0n) is 12.0. The molecule has 1 atom stereocenters. The molecule has 3 heteroatoms. The first-order valence-corrected chi connectivity index (χ1v) is 7.41. The molecule has 0 aromatic heterocycles. The quantitative estimate of drug-likeness (QED) is 0.686. The molecule has 0 radical (unpaired) electrons. The number of nitrogens with zero attached hydrogens (tertiary/aromatic N) is 2. The normalized spacial score (nSPS) is 21.4. The third-order valence-electron chi connectivity index (χ3n) is 3.70. The van der Waals surface area contributed by atoms with Gasteiger partial charge in [-0.2, -0.15) is 0 Å². The SMILES string of the molecule is CCCNCC(CCC)N1CCCN(C)CC1. The van der Waals surface area contributed by atoms with Crippen molar-refractivity contribution in [2.75, 3.05) is 46.3 Å². The fourth-order valence-corrected chi connectivity index (χ4v) is 2.62. The fraction of sp³-hybridized carbons (Fsp3) is 1.00. The summed E-state index contributed by atoms with van der Waals surface area (Å²) >= 11 is 0. The van der Waals surface area contributed by atoms with Crippen LogP contribution in [0.3, 0.4) is 0 Å². The summed E-state index contributed by atoms with van der Waals surface area (Å²) < 4.78 is 0. The number of rotatable bonds is 7. The first-order valence-electron chi connectivity index (χ1n) is 7.41. The highest BCUT2D eigenvalue weighted by atomic mass is 15.2. The second-order valence-electron chi connectivity index (χ2n) is 5.34. The molecule has 0 aromatic carbocycles. The molecule has 0 saturated carbocycles. The van der Waals surface area contributed by atoms with Crippen LogP contribution in [-0.2, 0) is 0 Å². The number of likely N-dealkylation sites (N-methyl/N-ethyl adjacent to an activating group) is 1. The average molecular weight is 241 g/mol. The molecule has 1 saturated heterocycles. The lowest BCUT2D eigenvalue weighted by Gasteiger charge is -2.30. The van der Waals surface area contributed by atoms with E-state index in [-0.39, 0.29) is 0 Å². The van der Waals surface area contributed by atoms with Gasteiger partial charge in [0.05, 0.1) is 0 Å². The minimum absolute atomic E-state index is 0.748. The molecule has 0 aliphatic carbocycles. The third-order valence-corrected chi connectivity index (χ3v) is 3.70. The Hall–Kier alpha value is -0.120. The van der Waals surface area contributed by atoms with E-state index in [4.69, 9.17) is 0 Å². The fourth-order valence-electron chi connectivity index (χ4n) is 2.62. The summed E-state index contributed by atoms with van der Waals surface area (Å²) in [5, 5.41) is 3.59. The van der Waals surface area contributed by atoms with Crippen LogP contribution >= 0.6 is 0 Å². The summed E-state index contributed by atoms with van der Waals surface area (Å²) in [6.07, 6.45) is 5.19. The highest BCUT2D eigenvalue weighted by Crippen LogP contribution is 2.10. The van der Waals surface area contributed by atoms with Gasteiger partial charge in [-0.15, -0.1) is 0 Å². The van der Waals surface area contributed by atoms with Crippen molar-refractivity contribution in [3.63, 3.8) is 0 Å². The molecule has 1 rings (SSSR count). The van der Waals surface area contributed by atoms with Crippen LogP contribution in [0.1, 0.15) is 39.5 Å². The Morgan fingerprint density at radius 1 is 1.06 bits per heavy atom. The van der Waals surface area contributed by atoms with Gasteiger partial charge in [0.1, 0.15) is 0 Å². The molecule has 0 bridgehead atoms. The molecule has 17 heavy (non-hydrogen) atoms. The lowest BCUT2D eigenvalue weighted by atomic mass is 10.1. The molecule has 1 aliphatic heterocycles. The van der Waals surface area contributed by atoms with Crippen molar-refractivity contribution in [2.24, 2.45) is 0 Å². The van der Waals surface area contributed by atoms with E-state index in [1.54, 1.807) is 0 Å². The molecule has 0 amide bonds. The van der Waals surface area contributed by atoms with Crippen LogP contribution in [0.4, 0.5) is 0 Å². The average Bonchev–Trinajstić information content (AvgIpc) is 2.53. The van der Waals surface area contributed by atoms with E-state index >= 15 is 0 Å². The van der Waals surface area contributed by atoms with Gasteiger partial charge in [-0.3, -0.25) is 4.90 Å². The standard InChI is InChI=1S/C14H31N3/c1-4-7-14(13-15-8-5-2)17-10-6-9-16(3)11-12-17/h14-15H,4-13H2,1-3H3. The Balaban J connectivity index is 2.38. The van der Waals surface area contributed by atoms with Crippen molar-refractivity contribution in [2.45, 2.75) is 45.6 Å². The van der Waals surface area contributed by atoms with Crippen LogP contribution in [-0.4, -0.2) is 62.2 Å². The van der Waals surface area contributed by atoms with Crippen molar-refractivity contribution in [1.82, 2.24) is 15.1 Å². The number of nitrogens with one attached hydrogen (secondary N) is 1. The highest BCUT2D eigenvalue weighted by Gasteiger charge is 2.19. The Labute approximate surface area is 108 Å². The minimum atomic E-state index is 0.748. The Morgan fingerprint density at radius 3 is 2.59 bits per heavy atom. The lowest BCUT2D eigenvalue weighted by Crippen LogP contribution is -2.44. The largest absolute Gasteiger partial charge is 0.315 e. The topological polar surface area (TPSA) is 18.5 Å². The van der Waals surface area contributed by atoms with Gasteiger partial charge in [0.25, 0.3) is 0 Å². The summed E-state index contributed by atoms with van der Waals surface area (Å²) in [6.45, 7) is 11.9. The monoisotopic (exact) mass is 241 g/mol. The predicted octanol–water partition coefficient (Wildman–Crippen LogP) is 1.79. The van der Waals surface area contributed by atoms with Crippen LogP contribution < -0.4 is 5.32 Å². The van der Waals surface area contributed by atoms with Crippen LogP contribution in [0.25, 0.3) is 0 Å². The maximum absolute atomic E-state index is 3.59. The van der Waals surface area contributed by atoms with Crippen LogP contribution in [0, 0.1) is 0 Å². The molecular formula is C14H31N3. The summed E-state index contributed by atoms with van der Waals surface area (Å²) in [6, 6.07) is 0.748. The number of hydrogen-bond acceptors (Lipinski definition) is 3. The minimum Gasteiger partial charge on any atom is -0.315 e. The number of hydrogen-bond donors (Lipinski definition) is 1. The van der Waals surface area contributed by atoms with Crippen LogP contribution in [0.5, 0.6) is 0 Å². The Morgan fingerprint density at radius 2 is 1.88 bits per heavy atom. The summed E-state index contributed by atoms with van der Waals surface area (Å²) in [5.74, 6) is 0. The zero-order chi connectivity index (χ0) is 12.5. The van der Waals surface area contributed by atoms with Crippen molar-refractivity contribution >= 4 is 0 Å². The van der Waals surface area contributed by atoms with E-state index in [0.717, 1.165) is 12.6 Å². The van der Waals surface area contributed by atoms with Gasteiger partial charge in [0.15, 0.2) is 0 Å². The maximum atomic E-state index is 3.59. The van der Waals surface area contributed by atoms with E-state index in [0.29, 0.717) is 0 Å². The first kappa shape index (κ1) is 14.9. The van der Waals surface area contributed by atoms with E-state index in [2.05, 4.69) is 36.0 Å². The molecule has 3 nitrogen and oxygen atoms in total. The van der Waals surface area contributed by atoms with Crippen molar-refractivity contribution in [3.05, 3.63) is 0 Å². The van der Waals surface area contributed by atoms with Crippen molar-refractivity contribution in [3.8, 4) is 0 Å². The first-order chi connectivity index (χ1) is 8.27. The highest BCUT2D eigenvalue weighted by molar-refractivity contribution is 4.77. The smallest absolute Gasteiger partial charge is 0.0221 e. The second kappa shape index (κ2) is 8.90. The van der Waals surface area contributed by atoms with E-state index in [9.17, 15) is 0 Å². The Kier molecular flexibility index (Phi) is 7.82. The zero-order valence-corrected chi connectivity index (χ0v) is 12.0. The molecule has 1 N–H and O–H groups in total. The molecule has 1 unspecified atom stereocenters. The van der Waals surface area contributed by atoms with Gasteiger partial charge in [-0.05, 0) is 45.9 Å².